The molecule has 5 heteroatoms. The summed E-state index contributed by atoms with van der Waals surface area (Å²) in [4.78, 5) is 20.8. The first-order valence-electron chi connectivity index (χ1n) is 22.1. The van der Waals surface area contributed by atoms with Crippen LogP contribution in [0.2, 0.25) is 0 Å². The Bertz CT molecular complexity index is 2280. The minimum absolute atomic E-state index is 0. The number of aromatic nitrogens is 2. The summed E-state index contributed by atoms with van der Waals surface area (Å²) in [6.45, 7) is 27.1. The van der Waals surface area contributed by atoms with E-state index in [9.17, 15) is 9.90 Å². The molecule has 0 bridgehead atoms. The zero-order valence-corrected chi connectivity index (χ0v) is 40.0. The molecular formula is C54H66IrN2O2-2. The molecule has 0 unspecified atom stereocenters. The van der Waals surface area contributed by atoms with E-state index in [0.717, 1.165) is 80.9 Å². The van der Waals surface area contributed by atoms with Gasteiger partial charge < -0.3 is 15.1 Å². The number of aliphatic hydroxyl groups is 1. The fourth-order valence-corrected chi connectivity index (χ4v) is 7.19. The first-order valence-corrected chi connectivity index (χ1v) is 21.1. The van der Waals surface area contributed by atoms with Crippen LogP contribution in [0.4, 0.5) is 0 Å². The van der Waals surface area contributed by atoms with Gasteiger partial charge in [0.25, 0.3) is 0 Å². The van der Waals surface area contributed by atoms with Crippen LogP contribution < -0.4 is 0 Å². The standard InChI is InChI=1S/2C20H20N.C14H26O2.Ir/c2*1-13(2)16-5-6-19-17(12-16)7-8-21-20(19)18-10-14(3)9-15(4)11-18;1-6-11(7-2)12(15)10-13(16)14(5,8-3)9-4;/h2*5-10,12-13H,1-4H3;10-11,16H,6-9H2,1-5H3;/q2*-1;;/b;;13-10-;/i2*8D;;. The third-order valence-electron chi connectivity index (χ3n) is 11.4. The number of nitrogens with zero attached hydrogens (tertiary/aromatic N) is 2. The smallest absolute Gasteiger partial charge is 0.162 e. The van der Waals surface area contributed by atoms with Gasteiger partial charge in [-0.15, -0.1) is 69.8 Å². The predicted molar refractivity (Wildman–Crippen MR) is 248 cm³/mol. The second-order valence-electron chi connectivity index (χ2n) is 16.7. The first kappa shape index (κ1) is 45.6. The van der Waals surface area contributed by atoms with E-state index in [-0.39, 0.29) is 43.0 Å². The van der Waals surface area contributed by atoms with E-state index >= 15 is 0 Å². The second kappa shape index (κ2) is 22.2. The van der Waals surface area contributed by atoms with Gasteiger partial charge >= 0.3 is 0 Å². The third-order valence-corrected chi connectivity index (χ3v) is 11.4. The van der Waals surface area contributed by atoms with Crippen LogP contribution in [0.15, 0.2) is 97.0 Å². The van der Waals surface area contributed by atoms with Gasteiger partial charge in [-0.1, -0.05) is 126 Å². The maximum absolute atomic E-state index is 11.9. The number of benzene rings is 4. The van der Waals surface area contributed by atoms with Crippen LogP contribution in [-0.2, 0) is 24.9 Å². The van der Waals surface area contributed by atoms with E-state index in [4.69, 9.17) is 2.74 Å². The van der Waals surface area contributed by atoms with Crippen LogP contribution in [0.5, 0.6) is 0 Å². The number of aliphatic hydroxyl groups excluding tert-OH is 1. The Hall–Kier alpha value is -4.44. The van der Waals surface area contributed by atoms with E-state index < -0.39 is 0 Å². The molecule has 2 heterocycles. The van der Waals surface area contributed by atoms with Crippen molar-refractivity contribution >= 4 is 27.3 Å². The summed E-state index contributed by atoms with van der Waals surface area (Å²) in [5.74, 6) is 1.32. The number of ketones is 1. The molecule has 0 fully saturated rings. The molecule has 6 aromatic rings. The Morgan fingerprint density at radius 1 is 0.695 bits per heavy atom. The van der Waals surface area contributed by atoms with Crippen LogP contribution in [0.1, 0.15) is 136 Å². The Labute approximate surface area is 372 Å². The number of pyridine rings is 2. The molecule has 0 saturated carbocycles. The molecule has 0 aliphatic rings. The molecule has 0 aliphatic heterocycles. The molecular weight excluding hydrogens is 901 g/mol. The maximum atomic E-state index is 11.9. The summed E-state index contributed by atoms with van der Waals surface area (Å²) in [6.07, 6.45) is 5.43. The Kier molecular flexibility index (Phi) is 17.2. The number of allylic oxidation sites excluding steroid dienone is 2. The zero-order valence-electron chi connectivity index (χ0n) is 39.6. The van der Waals surface area contributed by atoms with Crippen LogP contribution >= 0.6 is 0 Å². The maximum Gasteiger partial charge on any atom is 0.162 e. The molecule has 0 spiro atoms. The summed E-state index contributed by atoms with van der Waals surface area (Å²) in [5, 5.41) is 14.3. The summed E-state index contributed by atoms with van der Waals surface area (Å²) in [7, 11) is 0. The predicted octanol–water partition coefficient (Wildman–Crippen LogP) is 15.1. The number of fused-ring (bicyclic) bond motifs is 2. The Balaban J connectivity index is 0.000000246. The van der Waals surface area contributed by atoms with Crippen molar-refractivity contribution in [2.75, 3.05) is 0 Å². The monoisotopic (exact) mass is 969 g/mol. The number of aryl methyl sites for hydroxylation is 4. The van der Waals surface area contributed by atoms with Gasteiger partial charge in [-0.05, 0) is 93.7 Å². The summed E-state index contributed by atoms with van der Waals surface area (Å²) < 4.78 is 16.1. The van der Waals surface area contributed by atoms with Gasteiger partial charge in [-0.2, -0.15) is 0 Å². The van der Waals surface area contributed by atoms with Gasteiger partial charge in [0.05, 0.1) is 2.74 Å². The van der Waals surface area contributed by atoms with Crippen molar-refractivity contribution < 1.29 is 32.7 Å². The molecule has 4 aromatic carbocycles. The van der Waals surface area contributed by atoms with Crippen LogP contribution in [0.3, 0.4) is 0 Å². The summed E-state index contributed by atoms with van der Waals surface area (Å²) >= 11 is 0. The van der Waals surface area contributed by atoms with Crippen molar-refractivity contribution in [3.63, 3.8) is 0 Å². The van der Waals surface area contributed by atoms with Gasteiger partial charge in [0.15, 0.2) is 5.78 Å². The summed E-state index contributed by atoms with van der Waals surface area (Å²) in [5.41, 5.74) is 10.5. The molecule has 0 aliphatic carbocycles. The molecule has 59 heavy (non-hydrogen) atoms. The van der Waals surface area contributed by atoms with Gasteiger partial charge in [-0.25, -0.2) is 0 Å². The average Bonchev–Trinajstić information content (AvgIpc) is 3.19. The zero-order chi connectivity index (χ0) is 44.5. The van der Waals surface area contributed by atoms with Gasteiger partial charge in [0, 0.05) is 49.9 Å². The fourth-order valence-electron chi connectivity index (χ4n) is 7.19. The SMILES string of the molecule is CCC(CC)C(=O)/C=C(\O)C(C)(CC)CC.[2H]c1cc2cc(C(C)C)ccc2c(-c2[c-]c(C)cc(C)c2)n1.[2H]c1cc2cc(C(C)C)ccc2c(-c2[c-]c(C)cc(C)c2)n1.[Ir]. The van der Waals surface area contributed by atoms with Crippen molar-refractivity contribution in [1.82, 2.24) is 9.97 Å². The topological polar surface area (TPSA) is 63.1 Å². The number of rotatable bonds is 11. The fraction of sp³-hybridized carbons (Fsp3) is 0.389. The molecule has 4 nitrogen and oxygen atoms in total. The van der Waals surface area contributed by atoms with E-state index in [1.165, 1.54) is 28.3 Å². The van der Waals surface area contributed by atoms with Crippen LogP contribution in [0, 0.1) is 51.2 Å². The minimum atomic E-state index is -0.248. The Morgan fingerprint density at radius 3 is 1.44 bits per heavy atom. The van der Waals surface area contributed by atoms with Gasteiger partial charge in [0.1, 0.15) is 5.76 Å². The molecule has 0 saturated heterocycles. The van der Waals surface area contributed by atoms with E-state index in [2.05, 4.69) is 124 Å². The molecule has 1 N–H and O–H groups in total. The van der Waals surface area contributed by atoms with Crippen molar-refractivity contribution in [1.29, 1.82) is 0 Å². The van der Waals surface area contributed by atoms with E-state index in [1.807, 2.05) is 60.6 Å². The Morgan fingerprint density at radius 2 is 1.10 bits per heavy atom. The van der Waals surface area contributed by atoms with Crippen LogP contribution in [-0.4, -0.2) is 20.9 Å². The van der Waals surface area contributed by atoms with E-state index in [1.54, 1.807) is 0 Å². The quantitative estimate of drug-likeness (QED) is 0.0798. The number of hydrogen-bond acceptors (Lipinski definition) is 4. The summed E-state index contributed by atoms with van der Waals surface area (Å²) in [6, 6.07) is 31.7. The third kappa shape index (κ3) is 12.8. The minimum Gasteiger partial charge on any atom is -0.512 e. The molecule has 0 atom stereocenters. The van der Waals surface area contributed by atoms with Crippen molar-refractivity contribution in [3.05, 3.63) is 142 Å². The molecule has 315 valence electrons. The van der Waals surface area contributed by atoms with Crippen molar-refractivity contribution in [3.8, 4) is 22.5 Å². The molecule has 0 amide bonds. The normalized spacial score (nSPS) is 12.1. The molecule has 2 aromatic heterocycles. The first-order chi connectivity index (χ1) is 28.3. The van der Waals surface area contributed by atoms with Gasteiger partial charge in [0.2, 0.25) is 0 Å². The van der Waals surface area contributed by atoms with Crippen LogP contribution in [0.25, 0.3) is 44.1 Å². The molecule has 6 rings (SSSR count). The van der Waals surface area contributed by atoms with Crippen molar-refractivity contribution in [2.45, 2.75) is 128 Å². The van der Waals surface area contributed by atoms with Gasteiger partial charge in [-0.3, -0.25) is 4.79 Å². The number of hydrogen-bond donors (Lipinski definition) is 1. The largest absolute Gasteiger partial charge is 0.512 e. The number of carbonyl (C=O) groups is 1. The average molecular weight is 969 g/mol. The molecule has 1 radical (unpaired) electrons. The van der Waals surface area contributed by atoms with E-state index in [0.29, 0.717) is 24.2 Å². The second-order valence-corrected chi connectivity index (χ2v) is 16.7. The van der Waals surface area contributed by atoms with Crippen molar-refractivity contribution in [2.24, 2.45) is 11.3 Å². The number of carbonyl (C=O) groups excluding carboxylic acids is 1.